The summed E-state index contributed by atoms with van der Waals surface area (Å²) in [6, 6.07) is 12.9. The quantitative estimate of drug-likeness (QED) is 0.685. The van der Waals surface area contributed by atoms with Crippen LogP contribution in [0.25, 0.3) is 0 Å². The molecule has 2 rings (SSSR count). The Labute approximate surface area is 121 Å². The lowest BCUT2D eigenvalue weighted by molar-refractivity contribution is 1.08. The molecule has 1 nitrogen and oxygen atoms in total. The molecule has 0 heterocycles. The second kappa shape index (κ2) is 6.24. The van der Waals surface area contributed by atoms with E-state index in [1.54, 1.807) is 24.4 Å². The van der Waals surface area contributed by atoms with Crippen LogP contribution in [0.1, 0.15) is 11.1 Å². The van der Waals surface area contributed by atoms with E-state index in [4.69, 9.17) is 34.8 Å². The van der Waals surface area contributed by atoms with Crippen molar-refractivity contribution in [3.8, 4) is 0 Å². The van der Waals surface area contributed by atoms with Crippen molar-refractivity contribution in [3.63, 3.8) is 0 Å². The van der Waals surface area contributed by atoms with Crippen LogP contribution in [0.2, 0.25) is 15.1 Å². The van der Waals surface area contributed by atoms with Crippen LogP contribution in [-0.2, 0) is 6.54 Å². The molecule has 0 atom stereocenters. The van der Waals surface area contributed by atoms with E-state index in [0.29, 0.717) is 16.6 Å². The Kier molecular flexibility index (Phi) is 4.65. The first-order valence-corrected chi connectivity index (χ1v) is 6.48. The van der Waals surface area contributed by atoms with Crippen LogP contribution >= 0.6 is 34.8 Å². The van der Waals surface area contributed by atoms with E-state index in [9.17, 15) is 0 Å². The van der Waals surface area contributed by atoms with Crippen molar-refractivity contribution in [3.05, 3.63) is 68.7 Å². The van der Waals surface area contributed by atoms with Gasteiger partial charge in [0.25, 0.3) is 0 Å². The lowest BCUT2D eigenvalue weighted by Crippen LogP contribution is -1.87. The summed E-state index contributed by atoms with van der Waals surface area (Å²) < 4.78 is 0. The van der Waals surface area contributed by atoms with Crippen molar-refractivity contribution in [2.45, 2.75) is 6.54 Å². The average Bonchev–Trinajstić information content (AvgIpc) is 2.35. The fourth-order valence-corrected chi connectivity index (χ4v) is 2.09. The fourth-order valence-electron chi connectivity index (χ4n) is 1.47. The number of halogens is 3. The van der Waals surface area contributed by atoms with Gasteiger partial charge < -0.3 is 0 Å². The van der Waals surface area contributed by atoms with Crippen LogP contribution < -0.4 is 0 Å². The maximum absolute atomic E-state index is 6.04. The summed E-state index contributed by atoms with van der Waals surface area (Å²) in [6.45, 7) is 0.568. The number of benzene rings is 2. The monoisotopic (exact) mass is 297 g/mol. The topological polar surface area (TPSA) is 12.4 Å². The van der Waals surface area contributed by atoms with Gasteiger partial charge >= 0.3 is 0 Å². The molecule has 0 N–H and O–H groups in total. The number of rotatable bonds is 3. The van der Waals surface area contributed by atoms with Gasteiger partial charge in [-0.15, -0.1) is 0 Å². The Balaban J connectivity index is 2.10. The molecule has 0 aromatic heterocycles. The summed E-state index contributed by atoms with van der Waals surface area (Å²) >= 11 is 17.9. The number of aliphatic imine (C=N–C) groups is 1. The third-order valence-electron chi connectivity index (χ3n) is 2.41. The Hall–Kier alpha value is -1.02. The molecule has 2 aromatic carbocycles. The minimum absolute atomic E-state index is 0.568. The Bertz CT molecular complexity index is 542. The molecule has 18 heavy (non-hydrogen) atoms. The first-order valence-electron chi connectivity index (χ1n) is 5.35. The van der Waals surface area contributed by atoms with Crippen molar-refractivity contribution in [1.29, 1.82) is 0 Å². The van der Waals surface area contributed by atoms with Crippen LogP contribution in [0.5, 0.6) is 0 Å². The average molecular weight is 299 g/mol. The maximum atomic E-state index is 6.04. The lowest BCUT2D eigenvalue weighted by Gasteiger charge is -2.00. The Morgan fingerprint density at radius 1 is 0.889 bits per heavy atom. The Morgan fingerprint density at radius 2 is 1.50 bits per heavy atom. The van der Waals surface area contributed by atoms with E-state index in [-0.39, 0.29) is 0 Å². The smallest absolute Gasteiger partial charge is 0.0640 e. The van der Waals surface area contributed by atoms with Gasteiger partial charge in [-0.05, 0) is 29.8 Å². The first kappa shape index (κ1) is 13.4. The zero-order chi connectivity index (χ0) is 13.0. The molecule has 92 valence electrons. The highest BCUT2D eigenvalue weighted by atomic mass is 35.5. The van der Waals surface area contributed by atoms with Crippen LogP contribution in [0, 0.1) is 0 Å². The van der Waals surface area contributed by atoms with Gasteiger partial charge in [-0.1, -0.05) is 53.0 Å². The minimum Gasteiger partial charge on any atom is -0.288 e. The molecular weight excluding hydrogens is 289 g/mol. The predicted octanol–water partition coefficient (Wildman–Crippen LogP) is 5.27. The largest absolute Gasteiger partial charge is 0.288 e. The van der Waals surface area contributed by atoms with Gasteiger partial charge in [0.15, 0.2) is 0 Å². The summed E-state index contributed by atoms with van der Waals surface area (Å²) in [5.41, 5.74) is 1.83. The molecule has 0 aliphatic carbocycles. The van der Waals surface area contributed by atoms with E-state index < -0.39 is 0 Å². The molecule has 0 bridgehead atoms. The highest BCUT2D eigenvalue weighted by Gasteiger charge is 2.01. The number of hydrogen-bond acceptors (Lipinski definition) is 1. The van der Waals surface area contributed by atoms with Crippen LogP contribution in [0.15, 0.2) is 47.5 Å². The van der Waals surface area contributed by atoms with Crippen LogP contribution in [0.3, 0.4) is 0 Å². The van der Waals surface area contributed by atoms with Crippen molar-refractivity contribution >= 4 is 41.0 Å². The van der Waals surface area contributed by atoms with Gasteiger partial charge in [-0.3, -0.25) is 4.99 Å². The molecule has 0 saturated heterocycles. The second-order valence-electron chi connectivity index (χ2n) is 3.73. The highest BCUT2D eigenvalue weighted by Crippen LogP contribution is 2.22. The summed E-state index contributed by atoms with van der Waals surface area (Å²) in [5, 5.41) is 1.92. The first-order chi connectivity index (χ1) is 8.66. The number of nitrogens with zero attached hydrogens (tertiary/aromatic N) is 1. The third-order valence-corrected chi connectivity index (χ3v) is 3.32. The van der Waals surface area contributed by atoms with Crippen molar-refractivity contribution in [1.82, 2.24) is 0 Å². The zero-order valence-corrected chi connectivity index (χ0v) is 11.7. The molecule has 4 heteroatoms. The molecule has 0 unspecified atom stereocenters. The molecule has 2 aromatic rings. The summed E-state index contributed by atoms with van der Waals surface area (Å²) in [4.78, 5) is 4.33. The molecular formula is C14H10Cl3N. The van der Waals surface area contributed by atoms with Crippen LogP contribution in [0.4, 0.5) is 0 Å². The summed E-state index contributed by atoms with van der Waals surface area (Å²) in [7, 11) is 0. The van der Waals surface area contributed by atoms with Crippen molar-refractivity contribution < 1.29 is 0 Å². The van der Waals surface area contributed by atoms with E-state index in [2.05, 4.69) is 4.99 Å². The van der Waals surface area contributed by atoms with Gasteiger partial charge in [0.2, 0.25) is 0 Å². The second-order valence-corrected chi connectivity index (χ2v) is 4.98. The zero-order valence-electron chi connectivity index (χ0n) is 9.41. The summed E-state index contributed by atoms with van der Waals surface area (Å²) in [5.74, 6) is 0. The summed E-state index contributed by atoms with van der Waals surface area (Å²) in [6.07, 6.45) is 1.69. The predicted molar refractivity (Wildman–Crippen MR) is 79.2 cm³/mol. The SMILES string of the molecule is Clc1ccc(CN=Cc2c(Cl)cccc2Cl)cc1. The number of hydrogen-bond donors (Lipinski definition) is 0. The van der Waals surface area contributed by atoms with Crippen LogP contribution in [-0.4, -0.2) is 6.21 Å². The van der Waals surface area contributed by atoms with Gasteiger partial charge in [0, 0.05) is 16.8 Å². The molecule has 0 aliphatic heterocycles. The van der Waals surface area contributed by atoms with E-state index in [1.807, 2.05) is 24.3 Å². The lowest BCUT2D eigenvalue weighted by atomic mass is 10.2. The Morgan fingerprint density at radius 3 is 2.11 bits per heavy atom. The van der Waals surface area contributed by atoms with Gasteiger partial charge in [-0.2, -0.15) is 0 Å². The molecule has 0 saturated carbocycles. The van der Waals surface area contributed by atoms with Gasteiger partial charge in [0.1, 0.15) is 0 Å². The minimum atomic E-state index is 0.568. The maximum Gasteiger partial charge on any atom is 0.0640 e. The highest BCUT2D eigenvalue weighted by molar-refractivity contribution is 6.38. The van der Waals surface area contributed by atoms with Gasteiger partial charge in [-0.25, -0.2) is 0 Å². The molecule has 0 spiro atoms. The molecule has 0 radical (unpaired) electrons. The fraction of sp³-hybridized carbons (Fsp3) is 0.0714. The molecule has 0 amide bonds. The molecule has 0 aliphatic rings. The van der Waals surface area contributed by atoms with E-state index in [0.717, 1.165) is 16.1 Å². The van der Waals surface area contributed by atoms with Gasteiger partial charge in [0.05, 0.1) is 16.6 Å². The van der Waals surface area contributed by atoms with Crippen molar-refractivity contribution in [2.24, 2.45) is 4.99 Å². The normalized spacial score (nSPS) is 11.1. The van der Waals surface area contributed by atoms with E-state index >= 15 is 0 Å². The standard InChI is InChI=1S/C14H10Cl3N/c15-11-6-4-10(5-7-11)8-18-9-12-13(16)2-1-3-14(12)17/h1-7,9H,8H2. The van der Waals surface area contributed by atoms with E-state index in [1.165, 1.54) is 0 Å². The van der Waals surface area contributed by atoms with Crippen molar-refractivity contribution in [2.75, 3.05) is 0 Å². The molecule has 0 fully saturated rings. The third kappa shape index (κ3) is 3.49.